The summed E-state index contributed by atoms with van der Waals surface area (Å²) in [5.41, 5.74) is 2.53. The van der Waals surface area contributed by atoms with Crippen LogP contribution in [0, 0.1) is 6.92 Å². The minimum Gasteiger partial charge on any atom is -0.490 e. The fraction of sp³-hybridized carbons (Fsp3) is 0.500. The lowest BCUT2D eigenvalue weighted by molar-refractivity contribution is 0.310. The van der Waals surface area contributed by atoms with Gasteiger partial charge < -0.3 is 10.1 Å². The summed E-state index contributed by atoms with van der Waals surface area (Å²) >= 11 is 6.11. The molecule has 1 N–H and O–H groups in total. The van der Waals surface area contributed by atoms with Gasteiger partial charge in [0.15, 0.2) is 0 Å². The predicted molar refractivity (Wildman–Crippen MR) is 60.6 cm³/mol. The molecule has 0 spiro atoms. The second-order valence-electron chi connectivity index (χ2n) is 4.41. The van der Waals surface area contributed by atoms with Gasteiger partial charge in [0.1, 0.15) is 12.4 Å². The van der Waals surface area contributed by atoms with Crippen molar-refractivity contribution >= 4 is 11.6 Å². The summed E-state index contributed by atoms with van der Waals surface area (Å²) in [5, 5.41) is 4.33. The first-order valence-corrected chi connectivity index (χ1v) is 5.81. The lowest BCUT2D eigenvalue weighted by Crippen LogP contribution is -2.24. The first kappa shape index (κ1) is 9.49. The lowest BCUT2D eigenvalue weighted by Gasteiger charge is -2.12. The number of benzene rings is 1. The summed E-state index contributed by atoms with van der Waals surface area (Å²) in [6.45, 7) is 2.84. The van der Waals surface area contributed by atoms with Gasteiger partial charge in [0.05, 0.1) is 11.1 Å². The molecule has 0 amide bonds. The fourth-order valence-electron chi connectivity index (χ4n) is 2.17. The Morgan fingerprint density at radius 1 is 1.40 bits per heavy atom. The molecule has 0 saturated heterocycles. The van der Waals surface area contributed by atoms with Crippen LogP contribution in [0.4, 0.5) is 0 Å². The Morgan fingerprint density at radius 3 is 2.93 bits per heavy atom. The summed E-state index contributed by atoms with van der Waals surface area (Å²) in [7, 11) is 0. The normalized spacial score (nSPS) is 23.7. The van der Waals surface area contributed by atoms with Gasteiger partial charge in [-0.1, -0.05) is 17.7 Å². The topological polar surface area (TPSA) is 21.3 Å². The molecule has 80 valence electrons. The molecule has 1 heterocycles. The second-order valence-corrected chi connectivity index (χ2v) is 4.82. The van der Waals surface area contributed by atoms with E-state index in [1.165, 1.54) is 24.0 Å². The van der Waals surface area contributed by atoms with E-state index < -0.39 is 0 Å². The van der Waals surface area contributed by atoms with Crippen LogP contribution in [0.5, 0.6) is 5.75 Å². The third-order valence-corrected chi connectivity index (χ3v) is 3.42. The number of rotatable bonds is 2. The van der Waals surface area contributed by atoms with Crippen molar-refractivity contribution in [1.29, 1.82) is 0 Å². The number of hydrogen-bond donors (Lipinski definition) is 1. The molecule has 3 heteroatoms. The van der Waals surface area contributed by atoms with Crippen molar-refractivity contribution in [2.75, 3.05) is 6.61 Å². The summed E-state index contributed by atoms with van der Waals surface area (Å²) in [5.74, 6) is 0.884. The summed E-state index contributed by atoms with van der Waals surface area (Å²) in [6, 6.07) is 5.02. The summed E-state index contributed by atoms with van der Waals surface area (Å²) < 4.78 is 5.66. The Bertz CT molecular complexity index is 401. The molecule has 1 aromatic rings. The molecule has 0 radical (unpaired) electrons. The Morgan fingerprint density at radius 2 is 2.20 bits per heavy atom. The van der Waals surface area contributed by atoms with Gasteiger partial charge in [-0.2, -0.15) is 0 Å². The fourth-order valence-corrected chi connectivity index (χ4v) is 2.39. The molecule has 15 heavy (non-hydrogen) atoms. The van der Waals surface area contributed by atoms with Crippen molar-refractivity contribution in [2.24, 2.45) is 0 Å². The molecule has 0 bridgehead atoms. The van der Waals surface area contributed by atoms with Gasteiger partial charge in [0.2, 0.25) is 0 Å². The molecule has 1 aromatic carbocycles. The Hall–Kier alpha value is -0.730. The molecule has 1 aliphatic carbocycles. The molecule has 3 rings (SSSR count). The largest absolute Gasteiger partial charge is 0.490 e. The van der Waals surface area contributed by atoms with Gasteiger partial charge in [0.25, 0.3) is 0 Å². The minimum absolute atomic E-state index is 0.339. The van der Waals surface area contributed by atoms with Crippen LogP contribution in [-0.2, 0) is 0 Å². The standard InChI is InChI=1S/C12H14ClNO/c1-7-2-5-9(13)12-11(7)10(6-15-12)14-8-3-4-8/h2,5,8,10,14H,3-4,6H2,1H3. The van der Waals surface area contributed by atoms with Crippen molar-refractivity contribution in [1.82, 2.24) is 5.32 Å². The number of nitrogens with one attached hydrogen (secondary N) is 1. The van der Waals surface area contributed by atoms with Crippen LogP contribution in [0.25, 0.3) is 0 Å². The number of ether oxygens (including phenoxy) is 1. The maximum atomic E-state index is 6.11. The van der Waals surface area contributed by atoms with Gasteiger partial charge in [-0.15, -0.1) is 0 Å². The molecule has 1 atom stereocenters. The van der Waals surface area contributed by atoms with Crippen LogP contribution in [0.2, 0.25) is 5.02 Å². The smallest absolute Gasteiger partial charge is 0.143 e. The molecular formula is C12H14ClNO. The Labute approximate surface area is 94.6 Å². The lowest BCUT2D eigenvalue weighted by atomic mass is 10.0. The zero-order chi connectivity index (χ0) is 10.4. The van der Waals surface area contributed by atoms with E-state index >= 15 is 0 Å². The number of halogens is 1. The predicted octanol–water partition coefficient (Wildman–Crippen LogP) is 2.83. The van der Waals surface area contributed by atoms with E-state index in [0.29, 0.717) is 12.1 Å². The second kappa shape index (κ2) is 3.39. The number of hydrogen-bond acceptors (Lipinski definition) is 2. The van der Waals surface area contributed by atoms with Crippen LogP contribution < -0.4 is 10.1 Å². The molecule has 1 saturated carbocycles. The van der Waals surface area contributed by atoms with Crippen molar-refractivity contribution in [3.8, 4) is 5.75 Å². The van der Waals surface area contributed by atoms with Crippen LogP contribution in [0.1, 0.15) is 30.0 Å². The van der Waals surface area contributed by atoms with Crippen LogP contribution in [0.15, 0.2) is 12.1 Å². The van der Waals surface area contributed by atoms with E-state index in [9.17, 15) is 0 Å². The van der Waals surface area contributed by atoms with Crippen molar-refractivity contribution in [3.63, 3.8) is 0 Å². The number of aryl methyl sites for hydroxylation is 1. The highest BCUT2D eigenvalue weighted by molar-refractivity contribution is 6.32. The van der Waals surface area contributed by atoms with Crippen molar-refractivity contribution in [3.05, 3.63) is 28.3 Å². The minimum atomic E-state index is 0.339. The van der Waals surface area contributed by atoms with E-state index in [1.54, 1.807) is 0 Å². The van der Waals surface area contributed by atoms with Gasteiger partial charge in [-0.05, 0) is 31.4 Å². The highest BCUT2D eigenvalue weighted by Crippen LogP contribution is 2.41. The van der Waals surface area contributed by atoms with E-state index in [4.69, 9.17) is 16.3 Å². The third kappa shape index (κ3) is 1.62. The number of fused-ring (bicyclic) bond motifs is 1. The average molecular weight is 224 g/mol. The van der Waals surface area contributed by atoms with E-state index in [1.807, 2.05) is 6.07 Å². The van der Waals surface area contributed by atoms with Gasteiger partial charge >= 0.3 is 0 Å². The SMILES string of the molecule is Cc1ccc(Cl)c2c1C(NC1CC1)CO2. The molecular weight excluding hydrogens is 210 g/mol. The Kier molecular flexibility index (Phi) is 2.15. The van der Waals surface area contributed by atoms with Gasteiger partial charge in [0, 0.05) is 11.6 Å². The zero-order valence-electron chi connectivity index (χ0n) is 8.72. The van der Waals surface area contributed by atoms with Crippen LogP contribution in [-0.4, -0.2) is 12.6 Å². The average Bonchev–Trinajstić information content (AvgIpc) is 2.91. The Balaban J connectivity index is 1.96. The first-order valence-electron chi connectivity index (χ1n) is 5.43. The highest BCUT2D eigenvalue weighted by Gasteiger charge is 2.32. The quantitative estimate of drug-likeness (QED) is 0.833. The monoisotopic (exact) mass is 223 g/mol. The van der Waals surface area contributed by atoms with E-state index in [2.05, 4.69) is 18.3 Å². The first-order chi connectivity index (χ1) is 7.25. The molecule has 0 aromatic heterocycles. The summed E-state index contributed by atoms with van der Waals surface area (Å²) in [6.07, 6.45) is 2.59. The van der Waals surface area contributed by atoms with Gasteiger partial charge in [-0.3, -0.25) is 0 Å². The molecule has 2 aliphatic rings. The van der Waals surface area contributed by atoms with E-state index in [0.717, 1.165) is 17.4 Å². The van der Waals surface area contributed by atoms with Crippen molar-refractivity contribution in [2.45, 2.75) is 31.8 Å². The third-order valence-electron chi connectivity index (χ3n) is 3.12. The van der Waals surface area contributed by atoms with Crippen LogP contribution in [0.3, 0.4) is 0 Å². The molecule has 1 fully saturated rings. The van der Waals surface area contributed by atoms with E-state index in [-0.39, 0.29) is 0 Å². The molecule has 1 unspecified atom stereocenters. The summed E-state index contributed by atoms with van der Waals surface area (Å²) in [4.78, 5) is 0. The maximum absolute atomic E-state index is 6.11. The highest BCUT2D eigenvalue weighted by atomic mass is 35.5. The van der Waals surface area contributed by atoms with Crippen LogP contribution >= 0.6 is 11.6 Å². The zero-order valence-corrected chi connectivity index (χ0v) is 9.47. The van der Waals surface area contributed by atoms with Gasteiger partial charge in [-0.25, -0.2) is 0 Å². The van der Waals surface area contributed by atoms with Crippen molar-refractivity contribution < 1.29 is 4.74 Å². The molecule has 2 nitrogen and oxygen atoms in total. The maximum Gasteiger partial charge on any atom is 0.143 e. The molecule has 1 aliphatic heterocycles.